The largest absolute Gasteiger partial charge is 0.493 e. The molecule has 2 aromatic carbocycles. The van der Waals surface area contributed by atoms with Crippen LogP contribution in [-0.2, 0) is 4.74 Å². The summed E-state index contributed by atoms with van der Waals surface area (Å²) in [6.45, 7) is 6.53. The molecule has 0 N–H and O–H groups in total. The van der Waals surface area contributed by atoms with E-state index in [-0.39, 0.29) is 17.8 Å². The fourth-order valence-corrected chi connectivity index (χ4v) is 4.42. The third-order valence-corrected chi connectivity index (χ3v) is 5.82. The van der Waals surface area contributed by atoms with E-state index in [9.17, 15) is 0 Å². The second kappa shape index (κ2) is 6.06. The van der Waals surface area contributed by atoms with Gasteiger partial charge in [0.05, 0.1) is 19.3 Å². The van der Waals surface area contributed by atoms with E-state index in [0.717, 1.165) is 23.5 Å². The minimum atomic E-state index is -0.306. The highest BCUT2D eigenvalue weighted by Crippen LogP contribution is 2.55. The number of methoxy groups -OCH3 is 1. The SMILES string of the molecule is COc1cccc2c1OC(C)(C)[C@H]1C[C@@H](c3ccccc3)[C@H](C)O[C@H]21. The van der Waals surface area contributed by atoms with Gasteiger partial charge in [-0.1, -0.05) is 42.5 Å². The lowest BCUT2D eigenvalue weighted by Crippen LogP contribution is -2.50. The molecule has 4 rings (SSSR count). The summed E-state index contributed by atoms with van der Waals surface area (Å²) >= 11 is 0. The van der Waals surface area contributed by atoms with Gasteiger partial charge >= 0.3 is 0 Å². The number of hydrogen-bond donors (Lipinski definition) is 0. The average Bonchev–Trinajstić information content (AvgIpc) is 2.61. The maximum Gasteiger partial charge on any atom is 0.167 e. The summed E-state index contributed by atoms with van der Waals surface area (Å²) in [4.78, 5) is 0. The molecule has 2 aliphatic heterocycles. The predicted molar refractivity (Wildman–Crippen MR) is 98.3 cm³/mol. The van der Waals surface area contributed by atoms with Crippen LogP contribution in [0.1, 0.15) is 50.3 Å². The van der Waals surface area contributed by atoms with E-state index >= 15 is 0 Å². The smallest absolute Gasteiger partial charge is 0.167 e. The van der Waals surface area contributed by atoms with Crippen molar-refractivity contribution in [1.82, 2.24) is 0 Å². The number of ether oxygens (including phenoxy) is 3. The maximum atomic E-state index is 6.58. The Morgan fingerprint density at radius 2 is 1.80 bits per heavy atom. The zero-order valence-corrected chi connectivity index (χ0v) is 15.4. The van der Waals surface area contributed by atoms with Gasteiger partial charge < -0.3 is 14.2 Å². The van der Waals surface area contributed by atoms with Gasteiger partial charge in [-0.25, -0.2) is 0 Å². The minimum Gasteiger partial charge on any atom is -0.493 e. The van der Waals surface area contributed by atoms with Gasteiger partial charge in [0.2, 0.25) is 0 Å². The second-order valence-electron chi connectivity index (χ2n) is 7.71. The molecule has 4 atom stereocenters. The molecule has 0 aliphatic carbocycles. The summed E-state index contributed by atoms with van der Waals surface area (Å²) in [5.41, 5.74) is 2.15. The molecule has 0 saturated carbocycles. The Morgan fingerprint density at radius 1 is 1.04 bits per heavy atom. The molecule has 0 amide bonds. The summed E-state index contributed by atoms with van der Waals surface area (Å²) in [7, 11) is 1.69. The third-order valence-electron chi connectivity index (χ3n) is 5.82. The van der Waals surface area contributed by atoms with Gasteiger partial charge in [0.1, 0.15) is 5.60 Å². The van der Waals surface area contributed by atoms with E-state index < -0.39 is 0 Å². The van der Waals surface area contributed by atoms with E-state index in [1.54, 1.807) is 7.11 Å². The normalized spacial score (nSPS) is 29.9. The minimum absolute atomic E-state index is 0.0452. The molecule has 3 heteroatoms. The molecule has 3 nitrogen and oxygen atoms in total. The molecular weight excluding hydrogens is 312 g/mol. The summed E-state index contributed by atoms with van der Waals surface area (Å²) in [5, 5.41) is 0. The van der Waals surface area contributed by atoms with E-state index in [1.165, 1.54) is 5.56 Å². The van der Waals surface area contributed by atoms with Crippen molar-refractivity contribution in [2.24, 2.45) is 5.92 Å². The topological polar surface area (TPSA) is 27.7 Å². The van der Waals surface area contributed by atoms with Gasteiger partial charge in [0.25, 0.3) is 0 Å². The number of hydrogen-bond acceptors (Lipinski definition) is 3. The lowest BCUT2D eigenvalue weighted by Gasteiger charge is -2.50. The van der Waals surface area contributed by atoms with Crippen LogP contribution in [0.4, 0.5) is 0 Å². The van der Waals surface area contributed by atoms with Crippen molar-refractivity contribution in [2.75, 3.05) is 7.11 Å². The van der Waals surface area contributed by atoms with E-state index in [2.05, 4.69) is 57.2 Å². The fraction of sp³-hybridized carbons (Fsp3) is 0.455. The lowest BCUT2D eigenvalue weighted by molar-refractivity contribution is -0.153. The Labute approximate surface area is 149 Å². The molecule has 0 unspecified atom stereocenters. The molecule has 25 heavy (non-hydrogen) atoms. The van der Waals surface area contributed by atoms with Crippen LogP contribution in [0.25, 0.3) is 0 Å². The number of para-hydroxylation sites is 1. The molecule has 0 spiro atoms. The van der Waals surface area contributed by atoms with Crippen molar-refractivity contribution < 1.29 is 14.2 Å². The van der Waals surface area contributed by atoms with Crippen LogP contribution in [-0.4, -0.2) is 18.8 Å². The highest BCUT2D eigenvalue weighted by molar-refractivity contribution is 5.50. The average molecular weight is 338 g/mol. The molecule has 1 saturated heterocycles. The molecule has 2 heterocycles. The first kappa shape index (κ1) is 16.5. The van der Waals surface area contributed by atoms with Gasteiger partial charge in [-0.05, 0) is 38.8 Å². The van der Waals surface area contributed by atoms with Crippen LogP contribution in [0, 0.1) is 5.92 Å². The molecule has 132 valence electrons. The van der Waals surface area contributed by atoms with Gasteiger partial charge in [0, 0.05) is 17.4 Å². The maximum absolute atomic E-state index is 6.58. The van der Waals surface area contributed by atoms with E-state index in [4.69, 9.17) is 14.2 Å². The molecule has 1 fully saturated rings. The molecule has 0 radical (unpaired) electrons. The van der Waals surface area contributed by atoms with Crippen molar-refractivity contribution >= 4 is 0 Å². The van der Waals surface area contributed by atoms with Crippen LogP contribution in [0.5, 0.6) is 11.5 Å². The first-order chi connectivity index (χ1) is 12.0. The molecular formula is C22H26O3. The highest BCUT2D eigenvalue weighted by atomic mass is 16.5. The van der Waals surface area contributed by atoms with Crippen LogP contribution in [0.2, 0.25) is 0 Å². The highest BCUT2D eigenvalue weighted by Gasteiger charge is 2.50. The van der Waals surface area contributed by atoms with Crippen LogP contribution in [0.3, 0.4) is 0 Å². The second-order valence-corrected chi connectivity index (χ2v) is 7.71. The lowest BCUT2D eigenvalue weighted by atomic mass is 9.70. The van der Waals surface area contributed by atoms with Crippen molar-refractivity contribution in [3.63, 3.8) is 0 Å². The third kappa shape index (κ3) is 2.71. The summed E-state index contributed by atoms with van der Waals surface area (Å²) in [6, 6.07) is 16.8. The van der Waals surface area contributed by atoms with Crippen LogP contribution >= 0.6 is 0 Å². The van der Waals surface area contributed by atoms with Crippen molar-refractivity contribution in [1.29, 1.82) is 0 Å². The molecule has 0 bridgehead atoms. The van der Waals surface area contributed by atoms with Crippen LogP contribution < -0.4 is 9.47 Å². The Hall–Kier alpha value is -2.00. The Bertz CT molecular complexity index is 753. The first-order valence-corrected chi connectivity index (χ1v) is 9.07. The van der Waals surface area contributed by atoms with Gasteiger partial charge in [-0.2, -0.15) is 0 Å². The van der Waals surface area contributed by atoms with Gasteiger partial charge in [-0.15, -0.1) is 0 Å². The Morgan fingerprint density at radius 3 is 2.52 bits per heavy atom. The zero-order chi connectivity index (χ0) is 17.6. The van der Waals surface area contributed by atoms with Crippen molar-refractivity contribution in [3.05, 3.63) is 59.7 Å². The quantitative estimate of drug-likeness (QED) is 0.761. The van der Waals surface area contributed by atoms with Crippen LogP contribution in [0.15, 0.2) is 48.5 Å². The summed E-state index contributed by atoms with van der Waals surface area (Å²) in [6.07, 6.45) is 1.26. The number of rotatable bonds is 2. The van der Waals surface area contributed by atoms with E-state index in [0.29, 0.717) is 11.8 Å². The fourth-order valence-electron chi connectivity index (χ4n) is 4.42. The van der Waals surface area contributed by atoms with E-state index in [1.807, 2.05) is 12.1 Å². The first-order valence-electron chi connectivity index (χ1n) is 9.07. The molecule has 0 aromatic heterocycles. The summed E-state index contributed by atoms with van der Waals surface area (Å²) in [5.74, 6) is 2.30. The summed E-state index contributed by atoms with van der Waals surface area (Å²) < 4.78 is 18.5. The zero-order valence-electron chi connectivity index (χ0n) is 15.4. The monoisotopic (exact) mass is 338 g/mol. The van der Waals surface area contributed by atoms with Crippen molar-refractivity contribution in [3.8, 4) is 11.5 Å². The molecule has 2 aliphatic rings. The standard InChI is InChI=1S/C22H26O3/c1-14-17(15-9-6-5-7-10-15)13-18-20(24-14)16-11-8-12-19(23-4)21(16)25-22(18,2)3/h5-12,14,17-18,20H,13H2,1-4H3/t14-,17+,18-,20+/m0/s1. The van der Waals surface area contributed by atoms with Gasteiger partial charge in [-0.3, -0.25) is 0 Å². The predicted octanol–water partition coefficient (Wildman–Crippen LogP) is 5.12. The Kier molecular flexibility index (Phi) is 3.99. The van der Waals surface area contributed by atoms with Crippen molar-refractivity contribution in [2.45, 2.75) is 50.9 Å². The number of fused-ring (bicyclic) bond motifs is 3. The van der Waals surface area contributed by atoms with Gasteiger partial charge in [0.15, 0.2) is 11.5 Å². The number of benzene rings is 2. The molecule has 2 aromatic rings. The Balaban J connectivity index is 1.74.